The van der Waals surface area contributed by atoms with Crippen LogP contribution in [0.2, 0.25) is 5.02 Å². The van der Waals surface area contributed by atoms with Crippen LogP contribution >= 0.6 is 11.6 Å². The lowest BCUT2D eigenvalue weighted by molar-refractivity contribution is 0.620. The molecule has 0 spiro atoms. The van der Waals surface area contributed by atoms with Crippen LogP contribution in [-0.2, 0) is 0 Å². The van der Waals surface area contributed by atoms with E-state index in [1.54, 1.807) is 0 Å². The minimum absolute atomic E-state index is 0.588. The second-order valence-electron chi connectivity index (χ2n) is 4.42. The van der Waals surface area contributed by atoms with Gasteiger partial charge < -0.3 is 9.73 Å². The highest BCUT2D eigenvalue weighted by atomic mass is 35.5. The number of nitrogens with one attached hydrogen (secondary N) is 1. The Labute approximate surface area is 116 Å². The van der Waals surface area contributed by atoms with Crippen molar-refractivity contribution < 1.29 is 4.42 Å². The standard InChI is InChI=1S/C15H13ClN2O/c1-9-3-4-10(7-12(9)16)15-18-13-6-5-11(17-2)8-14(13)19-15/h3-8,17H,1-2H3. The zero-order chi connectivity index (χ0) is 13.4. The van der Waals surface area contributed by atoms with Crippen LogP contribution in [0.4, 0.5) is 5.69 Å². The number of rotatable bonds is 2. The number of aryl methyl sites for hydroxylation is 1. The molecule has 0 unspecified atom stereocenters. The third-order valence-corrected chi connectivity index (χ3v) is 3.50. The topological polar surface area (TPSA) is 38.1 Å². The van der Waals surface area contributed by atoms with Crippen LogP contribution in [0.15, 0.2) is 40.8 Å². The molecule has 0 aliphatic heterocycles. The van der Waals surface area contributed by atoms with E-state index in [0.29, 0.717) is 5.89 Å². The molecule has 3 aromatic rings. The summed E-state index contributed by atoms with van der Waals surface area (Å²) in [5, 5.41) is 3.79. The Bertz CT molecular complexity index is 749. The fraction of sp³-hybridized carbons (Fsp3) is 0.133. The van der Waals surface area contributed by atoms with Crippen LogP contribution in [-0.4, -0.2) is 12.0 Å². The summed E-state index contributed by atoms with van der Waals surface area (Å²) in [6.07, 6.45) is 0. The van der Waals surface area contributed by atoms with Crippen molar-refractivity contribution in [2.45, 2.75) is 6.92 Å². The van der Waals surface area contributed by atoms with Crippen molar-refractivity contribution in [3.8, 4) is 11.5 Å². The maximum absolute atomic E-state index is 6.13. The number of benzene rings is 2. The molecule has 1 aromatic heterocycles. The average Bonchev–Trinajstić information content (AvgIpc) is 2.84. The summed E-state index contributed by atoms with van der Waals surface area (Å²) in [6.45, 7) is 1.97. The third-order valence-electron chi connectivity index (χ3n) is 3.10. The van der Waals surface area contributed by atoms with Crippen molar-refractivity contribution in [3.05, 3.63) is 47.0 Å². The van der Waals surface area contributed by atoms with Gasteiger partial charge in [-0.2, -0.15) is 0 Å². The molecular formula is C15H13ClN2O. The fourth-order valence-electron chi connectivity index (χ4n) is 1.93. The van der Waals surface area contributed by atoms with Gasteiger partial charge in [-0.15, -0.1) is 0 Å². The van der Waals surface area contributed by atoms with Crippen LogP contribution in [0.1, 0.15) is 5.56 Å². The second-order valence-corrected chi connectivity index (χ2v) is 4.82. The molecule has 19 heavy (non-hydrogen) atoms. The van der Waals surface area contributed by atoms with Crippen molar-refractivity contribution in [1.29, 1.82) is 0 Å². The molecule has 3 nitrogen and oxygen atoms in total. The Balaban J connectivity index is 2.11. The molecule has 0 fully saturated rings. The number of hydrogen-bond donors (Lipinski definition) is 1. The van der Waals surface area contributed by atoms with Gasteiger partial charge in [-0.05, 0) is 36.8 Å². The smallest absolute Gasteiger partial charge is 0.227 e. The summed E-state index contributed by atoms with van der Waals surface area (Å²) in [5.74, 6) is 0.588. The number of fused-ring (bicyclic) bond motifs is 1. The molecule has 1 N–H and O–H groups in total. The number of oxazole rings is 1. The summed E-state index contributed by atoms with van der Waals surface area (Å²) in [7, 11) is 1.87. The van der Waals surface area contributed by atoms with Gasteiger partial charge in [0.15, 0.2) is 5.58 Å². The first kappa shape index (κ1) is 12.1. The first-order valence-electron chi connectivity index (χ1n) is 6.02. The van der Waals surface area contributed by atoms with Crippen LogP contribution in [0, 0.1) is 6.92 Å². The fourth-order valence-corrected chi connectivity index (χ4v) is 2.11. The maximum atomic E-state index is 6.13. The molecule has 0 bridgehead atoms. The molecule has 2 aromatic carbocycles. The predicted octanol–water partition coefficient (Wildman–Crippen LogP) is 4.50. The minimum atomic E-state index is 0.588. The van der Waals surface area contributed by atoms with Gasteiger partial charge >= 0.3 is 0 Å². The molecule has 4 heteroatoms. The van der Waals surface area contributed by atoms with E-state index in [1.165, 1.54) is 0 Å². The van der Waals surface area contributed by atoms with Crippen LogP contribution in [0.5, 0.6) is 0 Å². The number of anilines is 1. The van der Waals surface area contributed by atoms with Crippen LogP contribution in [0.3, 0.4) is 0 Å². The van der Waals surface area contributed by atoms with Gasteiger partial charge in [0.1, 0.15) is 5.52 Å². The maximum Gasteiger partial charge on any atom is 0.227 e. The summed E-state index contributed by atoms with van der Waals surface area (Å²) in [5.41, 5.74) is 4.53. The molecule has 3 rings (SSSR count). The van der Waals surface area contributed by atoms with E-state index in [1.807, 2.05) is 50.4 Å². The zero-order valence-electron chi connectivity index (χ0n) is 10.7. The molecule has 0 radical (unpaired) electrons. The lowest BCUT2D eigenvalue weighted by Crippen LogP contribution is -1.85. The largest absolute Gasteiger partial charge is 0.436 e. The Morgan fingerprint density at radius 3 is 2.74 bits per heavy atom. The van der Waals surface area contributed by atoms with Crippen molar-refractivity contribution in [2.24, 2.45) is 0 Å². The van der Waals surface area contributed by atoms with E-state index in [2.05, 4.69) is 10.3 Å². The van der Waals surface area contributed by atoms with E-state index < -0.39 is 0 Å². The van der Waals surface area contributed by atoms with E-state index in [9.17, 15) is 0 Å². The van der Waals surface area contributed by atoms with Gasteiger partial charge in [0.25, 0.3) is 0 Å². The van der Waals surface area contributed by atoms with E-state index >= 15 is 0 Å². The molecule has 96 valence electrons. The average molecular weight is 273 g/mol. The molecule has 0 aliphatic rings. The van der Waals surface area contributed by atoms with Gasteiger partial charge in [-0.25, -0.2) is 4.98 Å². The second kappa shape index (κ2) is 4.59. The monoisotopic (exact) mass is 272 g/mol. The minimum Gasteiger partial charge on any atom is -0.436 e. The van der Waals surface area contributed by atoms with Gasteiger partial charge in [0.2, 0.25) is 5.89 Å². The van der Waals surface area contributed by atoms with Crippen molar-refractivity contribution >= 4 is 28.4 Å². The number of aromatic nitrogens is 1. The number of hydrogen-bond acceptors (Lipinski definition) is 3. The van der Waals surface area contributed by atoms with Gasteiger partial charge in [-0.1, -0.05) is 17.7 Å². The molecule has 0 atom stereocenters. The summed E-state index contributed by atoms with van der Waals surface area (Å²) < 4.78 is 5.78. The van der Waals surface area contributed by atoms with E-state index in [0.717, 1.165) is 32.9 Å². The normalized spacial score (nSPS) is 10.9. The molecule has 0 saturated heterocycles. The van der Waals surface area contributed by atoms with Crippen LogP contribution in [0.25, 0.3) is 22.6 Å². The van der Waals surface area contributed by atoms with Crippen molar-refractivity contribution in [2.75, 3.05) is 12.4 Å². The molecular weight excluding hydrogens is 260 g/mol. The van der Waals surface area contributed by atoms with Crippen LogP contribution < -0.4 is 5.32 Å². The molecule has 0 amide bonds. The Morgan fingerprint density at radius 1 is 1.16 bits per heavy atom. The Hall–Kier alpha value is -2.00. The summed E-state index contributed by atoms with van der Waals surface area (Å²) in [6, 6.07) is 11.6. The van der Waals surface area contributed by atoms with Crippen molar-refractivity contribution in [3.63, 3.8) is 0 Å². The first-order valence-corrected chi connectivity index (χ1v) is 6.40. The zero-order valence-corrected chi connectivity index (χ0v) is 11.5. The quantitative estimate of drug-likeness (QED) is 0.746. The first-order chi connectivity index (χ1) is 9.17. The lowest BCUT2D eigenvalue weighted by atomic mass is 10.1. The van der Waals surface area contributed by atoms with Gasteiger partial charge in [0, 0.05) is 29.4 Å². The molecule has 0 aliphatic carbocycles. The van der Waals surface area contributed by atoms with Crippen molar-refractivity contribution in [1.82, 2.24) is 4.98 Å². The Morgan fingerprint density at radius 2 is 2.00 bits per heavy atom. The van der Waals surface area contributed by atoms with Gasteiger partial charge in [0.05, 0.1) is 0 Å². The van der Waals surface area contributed by atoms with Gasteiger partial charge in [-0.3, -0.25) is 0 Å². The predicted molar refractivity (Wildman–Crippen MR) is 78.7 cm³/mol. The number of halogens is 1. The summed E-state index contributed by atoms with van der Waals surface area (Å²) in [4.78, 5) is 4.48. The number of nitrogens with zero attached hydrogens (tertiary/aromatic N) is 1. The summed E-state index contributed by atoms with van der Waals surface area (Å²) >= 11 is 6.13. The van der Waals surface area contributed by atoms with E-state index in [4.69, 9.17) is 16.0 Å². The highest BCUT2D eigenvalue weighted by molar-refractivity contribution is 6.31. The highest BCUT2D eigenvalue weighted by Gasteiger charge is 2.09. The third kappa shape index (κ3) is 2.17. The highest BCUT2D eigenvalue weighted by Crippen LogP contribution is 2.28. The molecule has 1 heterocycles. The molecule has 0 saturated carbocycles. The van der Waals surface area contributed by atoms with E-state index in [-0.39, 0.29) is 0 Å². The lowest BCUT2D eigenvalue weighted by Gasteiger charge is -1.99. The SMILES string of the molecule is CNc1ccc2nc(-c3ccc(C)c(Cl)c3)oc2c1. The Kier molecular flexibility index (Phi) is 2.91.